The monoisotopic (exact) mass is 153 g/mol. The predicted molar refractivity (Wildman–Crippen MR) is 45.2 cm³/mol. The zero-order chi connectivity index (χ0) is 8.10. The van der Waals surface area contributed by atoms with Crippen molar-refractivity contribution < 1.29 is 0 Å². The van der Waals surface area contributed by atoms with Gasteiger partial charge >= 0.3 is 0 Å². The number of hydrogen-bond donors (Lipinski definition) is 1. The van der Waals surface area contributed by atoms with Crippen LogP contribution in [0.3, 0.4) is 0 Å². The van der Waals surface area contributed by atoms with Crippen molar-refractivity contribution in [3.63, 3.8) is 0 Å². The van der Waals surface area contributed by atoms with Gasteiger partial charge in [0.25, 0.3) is 0 Å². The maximum Gasteiger partial charge on any atom is 0.0959 e. The van der Waals surface area contributed by atoms with Crippen LogP contribution in [0.4, 0.5) is 0 Å². The summed E-state index contributed by atoms with van der Waals surface area (Å²) in [7, 11) is 0. The SMILES string of the molecule is CCNC(CC)n1ccnc1. The van der Waals surface area contributed by atoms with E-state index >= 15 is 0 Å². The average molecular weight is 153 g/mol. The van der Waals surface area contributed by atoms with Crippen molar-refractivity contribution in [2.75, 3.05) is 6.54 Å². The Labute approximate surface area is 67.4 Å². The van der Waals surface area contributed by atoms with E-state index in [1.165, 1.54) is 0 Å². The van der Waals surface area contributed by atoms with Crippen LogP contribution >= 0.6 is 0 Å². The van der Waals surface area contributed by atoms with Crippen molar-refractivity contribution in [2.45, 2.75) is 26.4 Å². The molecule has 1 unspecified atom stereocenters. The Balaban J connectivity index is 2.56. The molecule has 1 N–H and O–H groups in total. The van der Waals surface area contributed by atoms with E-state index in [9.17, 15) is 0 Å². The van der Waals surface area contributed by atoms with Gasteiger partial charge in [-0.3, -0.25) is 5.32 Å². The second-order valence-electron chi connectivity index (χ2n) is 2.49. The van der Waals surface area contributed by atoms with Crippen molar-refractivity contribution in [1.82, 2.24) is 14.9 Å². The van der Waals surface area contributed by atoms with Crippen LogP contribution in [-0.4, -0.2) is 16.1 Å². The van der Waals surface area contributed by atoms with Gasteiger partial charge in [0, 0.05) is 12.4 Å². The second kappa shape index (κ2) is 4.13. The van der Waals surface area contributed by atoms with Crippen molar-refractivity contribution >= 4 is 0 Å². The lowest BCUT2D eigenvalue weighted by molar-refractivity contribution is 0.401. The highest BCUT2D eigenvalue weighted by Crippen LogP contribution is 2.04. The molecule has 1 aromatic heterocycles. The minimum Gasteiger partial charge on any atom is -0.321 e. The fraction of sp³-hybridized carbons (Fsp3) is 0.625. The molecular weight excluding hydrogens is 138 g/mol. The fourth-order valence-electron chi connectivity index (χ4n) is 1.15. The van der Waals surface area contributed by atoms with E-state index in [-0.39, 0.29) is 0 Å². The van der Waals surface area contributed by atoms with E-state index in [1.807, 2.05) is 12.5 Å². The van der Waals surface area contributed by atoms with Gasteiger partial charge in [-0.2, -0.15) is 0 Å². The Morgan fingerprint density at radius 3 is 2.82 bits per heavy atom. The Bertz CT molecular complexity index is 181. The normalized spacial score (nSPS) is 13.3. The molecule has 0 saturated heterocycles. The summed E-state index contributed by atoms with van der Waals surface area (Å²) in [5, 5.41) is 3.36. The molecule has 0 aliphatic heterocycles. The third-order valence-corrected chi connectivity index (χ3v) is 1.71. The van der Waals surface area contributed by atoms with Crippen LogP contribution in [-0.2, 0) is 0 Å². The molecule has 0 spiro atoms. The highest BCUT2D eigenvalue weighted by atomic mass is 15.2. The van der Waals surface area contributed by atoms with Crippen molar-refractivity contribution in [2.24, 2.45) is 0 Å². The van der Waals surface area contributed by atoms with Crippen molar-refractivity contribution in [1.29, 1.82) is 0 Å². The summed E-state index contributed by atoms with van der Waals surface area (Å²) in [5.41, 5.74) is 0. The number of nitrogens with one attached hydrogen (secondary N) is 1. The minimum absolute atomic E-state index is 0.405. The summed E-state index contributed by atoms with van der Waals surface area (Å²) in [6.07, 6.45) is 7.13. The van der Waals surface area contributed by atoms with Crippen LogP contribution in [0.2, 0.25) is 0 Å². The molecule has 0 aliphatic rings. The van der Waals surface area contributed by atoms with E-state index in [0.29, 0.717) is 6.17 Å². The first kappa shape index (κ1) is 8.27. The van der Waals surface area contributed by atoms with Gasteiger partial charge in [0.2, 0.25) is 0 Å². The molecule has 11 heavy (non-hydrogen) atoms. The molecule has 0 aromatic carbocycles. The summed E-state index contributed by atoms with van der Waals surface area (Å²) in [5.74, 6) is 0. The highest BCUT2D eigenvalue weighted by Gasteiger charge is 2.03. The lowest BCUT2D eigenvalue weighted by Crippen LogP contribution is -2.24. The highest BCUT2D eigenvalue weighted by molar-refractivity contribution is 4.78. The Kier molecular flexibility index (Phi) is 3.11. The second-order valence-corrected chi connectivity index (χ2v) is 2.49. The lowest BCUT2D eigenvalue weighted by Gasteiger charge is -2.16. The summed E-state index contributed by atoms with van der Waals surface area (Å²) in [6, 6.07) is 0. The van der Waals surface area contributed by atoms with Gasteiger partial charge in [-0.15, -0.1) is 0 Å². The molecule has 0 fully saturated rings. The third-order valence-electron chi connectivity index (χ3n) is 1.71. The molecular formula is C8H15N3. The van der Waals surface area contributed by atoms with Gasteiger partial charge in [-0.05, 0) is 13.0 Å². The summed E-state index contributed by atoms with van der Waals surface area (Å²) >= 11 is 0. The fourth-order valence-corrected chi connectivity index (χ4v) is 1.15. The number of rotatable bonds is 4. The minimum atomic E-state index is 0.405. The number of nitrogens with zero attached hydrogens (tertiary/aromatic N) is 2. The van der Waals surface area contributed by atoms with Crippen LogP contribution < -0.4 is 5.32 Å². The Morgan fingerprint density at radius 1 is 1.55 bits per heavy atom. The first-order valence-electron chi connectivity index (χ1n) is 4.09. The van der Waals surface area contributed by atoms with E-state index < -0.39 is 0 Å². The molecule has 3 nitrogen and oxygen atoms in total. The van der Waals surface area contributed by atoms with Gasteiger partial charge in [0.05, 0.1) is 12.5 Å². The smallest absolute Gasteiger partial charge is 0.0959 e. The first-order chi connectivity index (χ1) is 5.38. The Hall–Kier alpha value is -0.830. The van der Waals surface area contributed by atoms with Crippen LogP contribution in [0.15, 0.2) is 18.7 Å². The number of hydrogen-bond acceptors (Lipinski definition) is 2. The molecule has 1 aromatic rings. The molecule has 0 amide bonds. The average Bonchev–Trinajstić information content (AvgIpc) is 2.52. The van der Waals surface area contributed by atoms with Crippen LogP contribution in [0.1, 0.15) is 26.4 Å². The van der Waals surface area contributed by atoms with E-state index in [4.69, 9.17) is 0 Å². The quantitative estimate of drug-likeness (QED) is 0.708. The first-order valence-corrected chi connectivity index (χ1v) is 4.09. The molecule has 1 atom stereocenters. The van der Waals surface area contributed by atoms with Gasteiger partial charge in [-0.25, -0.2) is 4.98 Å². The van der Waals surface area contributed by atoms with Crippen LogP contribution in [0.25, 0.3) is 0 Å². The molecule has 0 aliphatic carbocycles. The predicted octanol–water partition coefficient (Wildman–Crippen LogP) is 1.40. The third kappa shape index (κ3) is 2.05. The summed E-state index contributed by atoms with van der Waals surface area (Å²) in [4.78, 5) is 4.00. The molecule has 0 radical (unpaired) electrons. The summed E-state index contributed by atoms with van der Waals surface area (Å²) in [6.45, 7) is 5.27. The number of aromatic nitrogens is 2. The lowest BCUT2D eigenvalue weighted by atomic mass is 10.3. The largest absolute Gasteiger partial charge is 0.321 e. The topological polar surface area (TPSA) is 29.9 Å². The van der Waals surface area contributed by atoms with Crippen molar-refractivity contribution in [3.8, 4) is 0 Å². The summed E-state index contributed by atoms with van der Waals surface area (Å²) < 4.78 is 2.09. The molecule has 0 bridgehead atoms. The molecule has 3 heteroatoms. The Morgan fingerprint density at radius 2 is 2.36 bits per heavy atom. The maximum atomic E-state index is 4.00. The van der Waals surface area contributed by atoms with E-state index in [2.05, 4.69) is 28.7 Å². The van der Waals surface area contributed by atoms with Gasteiger partial charge in [0.1, 0.15) is 0 Å². The van der Waals surface area contributed by atoms with Gasteiger partial charge in [-0.1, -0.05) is 13.8 Å². The molecule has 1 rings (SSSR count). The van der Waals surface area contributed by atoms with E-state index in [1.54, 1.807) is 6.20 Å². The van der Waals surface area contributed by atoms with E-state index in [0.717, 1.165) is 13.0 Å². The zero-order valence-corrected chi connectivity index (χ0v) is 7.12. The zero-order valence-electron chi connectivity index (χ0n) is 7.12. The maximum absolute atomic E-state index is 4.00. The standard InChI is InChI=1S/C8H15N3/c1-3-8(10-4-2)11-6-5-9-7-11/h5-8,10H,3-4H2,1-2H3. The molecule has 0 saturated carbocycles. The molecule has 62 valence electrons. The molecule has 1 heterocycles. The number of imidazole rings is 1. The van der Waals surface area contributed by atoms with Crippen LogP contribution in [0.5, 0.6) is 0 Å². The van der Waals surface area contributed by atoms with Gasteiger partial charge in [0.15, 0.2) is 0 Å². The van der Waals surface area contributed by atoms with Gasteiger partial charge < -0.3 is 4.57 Å². The van der Waals surface area contributed by atoms with Crippen LogP contribution in [0, 0.1) is 0 Å². The van der Waals surface area contributed by atoms with Crippen molar-refractivity contribution in [3.05, 3.63) is 18.7 Å².